The van der Waals surface area contributed by atoms with Gasteiger partial charge in [-0.25, -0.2) is 0 Å². The molecule has 2 amide bonds. The zero-order valence-corrected chi connectivity index (χ0v) is 15.8. The number of carbonyl (C=O) groups is 2. The monoisotopic (exact) mass is 403 g/mol. The molecule has 2 unspecified atom stereocenters. The van der Waals surface area contributed by atoms with Gasteiger partial charge < -0.3 is 16.0 Å². The van der Waals surface area contributed by atoms with E-state index < -0.39 is 23.8 Å². The van der Waals surface area contributed by atoms with E-state index in [1.165, 1.54) is 18.0 Å². The molecule has 3 heterocycles. The molecule has 7 nitrogen and oxygen atoms in total. The van der Waals surface area contributed by atoms with E-state index in [0.29, 0.717) is 6.42 Å². The fourth-order valence-corrected chi connectivity index (χ4v) is 4.25. The average molecular weight is 403 g/mol. The normalized spacial score (nSPS) is 20.7. The van der Waals surface area contributed by atoms with Crippen molar-refractivity contribution in [3.8, 4) is 0 Å². The van der Waals surface area contributed by atoms with E-state index in [9.17, 15) is 22.8 Å². The van der Waals surface area contributed by atoms with Gasteiger partial charge in [-0.05, 0) is 26.3 Å². The number of amides is 2. The fourth-order valence-electron chi connectivity index (χ4n) is 3.22. The van der Waals surface area contributed by atoms with Crippen LogP contribution in [0.4, 0.5) is 13.2 Å². The first-order chi connectivity index (χ1) is 12.5. The van der Waals surface area contributed by atoms with Gasteiger partial charge in [0.1, 0.15) is 10.9 Å². The van der Waals surface area contributed by atoms with E-state index in [2.05, 4.69) is 10.4 Å². The molecular weight excluding hydrogens is 383 g/mol. The third kappa shape index (κ3) is 3.65. The second-order valence-corrected chi connectivity index (χ2v) is 7.96. The largest absolute Gasteiger partial charge is 0.435 e. The van der Waals surface area contributed by atoms with Gasteiger partial charge in [0.05, 0.1) is 4.88 Å². The molecule has 2 aromatic heterocycles. The highest BCUT2D eigenvalue weighted by molar-refractivity contribution is 7.20. The molecule has 148 valence electrons. The molecule has 0 spiro atoms. The third-order valence-corrected chi connectivity index (χ3v) is 5.51. The van der Waals surface area contributed by atoms with Crippen LogP contribution >= 0.6 is 11.3 Å². The molecular formula is C16H20F3N5O2S. The fraction of sp³-hybridized carbons (Fsp3) is 0.562. The van der Waals surface area contributed by atoms with E-state index >= 15 is 0 Å². The van der Waals surface area contributed by atoms with E-state index in [4.69, 9.17) is 5.73 Å². The number of aryl methyl sites for hydroxylation is 1. The predicted molar refractivity (Wildman–Crippen MR) is 94.3 cm³/mol. The molecule has 0 bridgehead atoms. The third-order valence-electron chi connectivity index (χ3n) is 4.32. The summed E-state index contributed by atoms with van der Waals surface area (Å²) in [4.78, 5) is 27.0. The highest BCUT2D eigenvalue weighted by Crippen LogP contribution is 2.38. The van der Waals surface area contributed by atoms with Crippen molar-refractivity contribution in [1.29, 1.82) is 0 Å². The van der Waals surface area contributed by atoms with Crippen LogP contribution < -0.4 is 11.1 Å². The Bertz CT molecular complexity index is 889. The van der Waals surface area contributed by atoms with Crippen LogP contribution in [0.15, 0.2) is 6.07 Å². The summed E-state index contributed by atoms with van der Waals surface area (Å²) in [5, 5.41) is 6.13. The van der Waals surface area contributed by atoms with E-state index in [0.717, 1.165) is 16.0 Å². The lowest BCUT2D eigenvalue weighted by Crippen LogP contribution is -2.47. The van der Waals surface area contributed by atoms with Crippen LogP contribution in [0.1, 0.15) is 35.6 Å². The van der Waals surface area contributed by atoms with Gasteiger partial charge in [-0.1, -0.05) is 0 Å². The molecule has 1 aliphatic heterocycles. The number of hydrogen-bond acceptors (Lipinski definition) is 5. The summed E-state index contributed by atoms with van der Waals surface area (Å²) in [6.45, 7) is 3.78. The topological polar surface area (TPSA) is 93.2 Å². The number of likely N-dealkylation sites (tertiary alicyclic amines) is 1. The second kappa shape index (κ2) is 6.79. The summed E-state index contributed by atoms with van der Waals surface area (Å²) in [7, 11) is 1.40. The van der Waals surface area contributed by atoms with Crippen LogP contribution in [-0.4, -0.2) is 51.2 Å². The minimum atomic E-state index is -4.61. The molecule has 0 saturated carbocycles. The Balaban J connectivity index is 1.94. The van der Waals surface area contributed by atoms with Crippen molar-refractivity contribution < 1.29 is 22.8 Å². The minimum Gasteiger partial charge on any atom is -0.352 e. The average Bonchev–Trinajstić information content (AvgIpc) is 3.20. The van der Waals surface area contributed by atoms with Crippen LogP contribution in [-0.2, 0) is 18.0 Å². The molecule has 2 atom stereocenters. The van der Waals surface area contributed by atoms with Crippen molar-refractivity contribution in [2.75, 3.05) is 6.54 Å². The summed E-state index contributed by atoms with van der Waals surface area (Å²) in [5.41, 5.74) is 4.90. The Labute approximate surface area is 157 Å². The standard InChI is InChI=1S/C16H20F3N5O2S/c1-7(2)21-13(25)10-4-8(20)6-24(10)14(26)11-5-9-12(16(17,18)19)22-23(3)15(9)27-11/h5,7-8,10H,4,6,20H2,1-3H3,(H,21,25). The van der Waals surface area contributed by atoms with Gasteiger partial charge >= 0.3 is 6.18 Å². The molecule has 2 aromatic rings. The van der Waals surface area contributed by atoms with Crippen LogP contribution in [0.5, 0.6) is 0 Å². The lowest BCUT2D eigenvalue weighted by atomic mass is 10.1. The SMILES string of the molecule is CC(C)NC(=O)C1CC(N)CN1C(=O)c1cc2c(C(F)(F)F)nn(C)c2s1. The van der Waals surface area contributed by atoms with Crippen molar-refractivity contribution in [3.63, 3.8) is 0 Å². The number of halogens is 3. The number of hydrogen-bond donors (Lipinski definition) is 2. The summed E-state index contributed by atoms with van der Waals surface area (Å²) >= 11 is 0.921. The van der Waals surface area contributed by atoms with Crippen LogP contribution in [0, 0.1) is 0 Å². The Morgan fingerprint density at radius 1 is 1.41 bits per heavy atom. The minimum absolute atomic E-state index is 0.101. The molecule has 11 heteroatoms. The summed E-state index contributed by atoms with van der Waals surface area (Å²) in [6.07, 6.45) is -4.30. The summed E-state index contributed by atoms with van der Waals surface area (Å²) in [5.74, 6) is -0.814. The van der Waals surface area contributed by atoms with Crippen molar-refractivity contribution in [1.82, 2.24) is 20.0 Å². The van der Waals surface area contributed by atoms with Gasteiger partial charge in [-0.2, -0.15) is 18.3 Å². The van der Waals surface area contributed by atoms with Crippen LogP contribution in [0.2, 0.25) is 0 Å². The molecule has 3 rings (SSSR count). The Morgan fingerprint density at radius 2 is 2.07 bits per heavy atom. The zero-order chi connectivity index (χ0) is 20.1. The van der Waals surface area contributed by atoms with Crippen molar-refractivity contribution in [2.45, 2.75) is 44.6 Å². The number of carbonyl (C=O) groups excluding carboxylic acids is 2. The predicted octanol–water partition coefficient (Wildman–Crippen LogP) is 1.72. The number of aromatic nitrogens is 2. The van der Waals surface area contributed by atoms with Gasteiger partial charge in [-0.15, -0.1) is 11.3 Å². The van der Waals surface area contributed by atoms with Gasteiger partial charge in [0.15, 0.2) is 5.69 Å². The van der Waals surface area contributed by atoms with Crippen molar-refractivity contribution >= 4 is 33.4 Å². The first-order valence-electron chi connectivity index (χ1n) is 8.39. The first-order valence-corrected chi connectivity index (χ1v) is 9.21. The maximum absolute atomic E-state index is 13.1. The number of nitrogens with one attached hydrogen (secondary N) is 1. The summed E-state index contributed by atoms with van der Waals surface area (Å²) in [6, 6.07) is -0.00523. The number of thiophene rings is 1. The highest BCUT2D eigenvalue weighted by atomic mass is 32.1. The lowest BCUT2D eigenvalue weighted by molar-refractivity contribution is -0.140. The van der Waals surface area contributed by atoms with E-state index in [-0.39, 0.29) is 39.6 Å². The number of rotatable bonds is 3. The molecule has 0 aromatic carbocycles. The first kappa shape index (κ1) is 19.6. The highest BCUT2D eigenvalue weighted by Gasteiger charge is 2.41. The number of alkyl halides is 3. The van der Waals surface area contributed by atoms with Gasteiger partial charge in [0, 0.05) is 31.1 Å². The number of fused-ring (bicyclic) bond motifs is 1. The van der Waals surface area contributed by atoms with Gasteiger partial charge in [0.25, 0.3) is 5.91 Å². The molecule has 1 aliphatic rings. The molecule has 0 radical (unpaired) electrons. The van der Waals surface area contributed by atoms with Crippen LogP contribution in [0.25, 0.3) is 10.2 Å². The number of nitrogens with zero attached hydrogens (tertiary/aromatic N) is 3. The summed E-state index contributed by atoms with van der Waals surface area (Å²) < 4.78 is 40.6. The maximum atomic E-state index is 13.1. The molecule has 0 aliphatic carbocycles. The van der Waals surface area contributed by atoms with Gasteiger partial charge in [0.2, 0.25) is 5.91 Å². The Morgan fingerprint density at radius 3 is 2.67 bits per heavy atom. The smallest absolute Gasteiger partial charge is 0.352 e. The maximum Gasteiger partial charge on any atom is 0.435 e. The number of nitrogens with two attached hydrogens (primary N) is 1. The van der Waals surface area contributed by atoms with E-state index in [1.54, 1.807) is 13.8 Å². The molecule has 1 fully saturated rings. The van der Waals surface area contributed by atoms with E-state index in [1.807, 2.05) is 0 Å². The quantitative estimate of drug-likeness (QED) is 0.816. The van der Waals surface area contributed by atoms with Crippen molar-refractivity contribution in [2.24, 2.45) is 12.8 Å². The Kier molecular flexibility index (Phi) is 4.93. The molecule has 27 heavy (non-hydrogen) atoms. The lowest BCUT2D eigenvalue weighted by Gasteiger charge is -2.24. The molecule has 3 N–H and O–H groups in total. The van der Waals surface area contributed by atoms with Crippen LogP contribution in [0.3, 0.4) is 0 Å². The Hall–Kier alpha value is -2.14. The molecule has 1 saturated heterocycles. The zero-order valence-electron chi connectivity index (χ0n) is 15.0. The van der Waals surface area contributed by atoms with Gasteiger partial charge in [-0.3, -0.25) is 14.3 Å². The van der Waals surface area contributed by atoms with Crippen molar-refractivity contribution in [3.05, 3.63) is 16.6 Å². The second-order valence-electron chi connectivity index (χ2n) is 6.93.